The molecule has 0 saturated carbocycles. The molecule has 0 aliphatic carbocycles. The van der Waals surface area contributed by atoms with Crippen LogP contribution in [-0.4, -0.2) is 38.4 Å². The second-order valence-electron chi connectivity index (χ2n) is 5.76. The number of hydrogen-bond acceptors (Lipinski definition) is 4. The van der Waals surface area contributed by atoms with Gasteiger partial charge in [0.15, 0.2) is 9.84 Å². The van der Waals surface area contributed by atoms with E-state index in [4.69, 9.17) is 5.73 Å². The summed E-state index contributed by atoms with van der Waals surface area (Å²) in [5.74, 6) is -0.499. The lowest BCUT2D eigenvalue weighted by molar-refractivity contribution is -0.125. The highest BCUT2D eigenvalue weighted by molar-refractivity contribution is 7.91. The Labute approximate surface area is 103 Å². The molecule has 100 valence electrons. The van der Waals surface area contributed by atoms with Crippen LogP contribution in [0, 0.1) is 11.3 Å². The van der Waals surface area contributed by atoms with Crippen LogP contribution < -0.4 is 11.1 Å². The SMILES string of the molecule is CC(C)(C)C(CN)NC(=O)C1CCS(=O)(=O)C1. The summed E-state index contributed by atoms with van der Waals surface area (Å²) < 4.78 is 22.6. The zero-order valence-electron chi connectivity index (χ0n) is 10.7. The molecule has 1 fully saturated rings. The Hall–Kier alpha value is -0.620. The van der Waals surface area contributed by atoms with Crippen molar-refractivity contribution in [1.82, 2.24) is 5.32 Å². The van der Waals surface area contributed by atoms with Crippen LogP contribution in [0.5, 0.6) is 0 Å². The number of nitrogens with one attached hydrogen (secondary N) is 1. The third kappa shape index (κ3) is 3.96. The summed E-state index contributed by atoms with van der Waals surface area (Å²) in [4.78, 5) is 11.9. The minimum Gasteiger partial charge on any atom is -0.351 e. The topological polar surface area (TPSA) is 89.3 Å². The molecule has 0 aromatic rings. The van der Waals surface area contributed by atoms with Crippen molar-refractivity contribution in [3.63, 3.8) is 0 Å². The number of sulfone groups is 1. The van der Waals surface area contributed by atoms with Crippen molar-refractivity contribution in [1.29, 1.82) is 0 Å². The van der Waals surface area contributed by atoms with Gasteiger partial charge in [0.1, 0.15) is 0 Å². The molecule has 0 bridgehead atoms. The lowest BCUT2D eigenvalue weighted by Gasteiger charge is -2.31. The Bertz CT molecular complexity index is 384. The molecule has 0 spiro atoms. The number of hydrogen-bond donors (Lipinski definition) is 2. The fourth-order valence-electron chi connectivity index (χ4n) is 1.92. The molecule has 2 unspecified atom stereocenters. The molecule has 0 radical (unpaired) electrons. The molecule has 1 aliphatic rings. The first-order valence-electron chi connectivity index (χ1n) is 5.86. The van der Waals surface area contributed by atoms with Gasteiger partial charge >= 0.3 is 0 Å². The normalized spacial score (nSPS) is 25.5. The number of carbonyl (C=O) groups is 1. The van der Waals surface area contributed by atoms with Gasteiger partial charge in [0.05, 0.1) is 17.4 Å². The Balaban J connectivity index is 2.61. The van der Waals surface area contributed by atoms with E-state index in [1.54, 1.807) is 0 Å². The van der Waals surface area contributed by atoms with Gasteiger partial charge in [-0.2, -0.15) is 0 Å². The first-order valence-corrected chi connectivity index (χ1v) is 7.69. The van der Waals surface area contributed by atoms with Crippen molar-refractivity contribution in [2.75, 3.05) is 18.1 Å². The van der Waals surface area contributed by atoms with Crippen LogP contribution in [0.4, 0.5) is 0 Å². The molecule has 3 N–H and O–H groups in total. The van der Waals surface area contributed by atoms with Gasteiger partial charge < -0.3 is 11.1 Å². The summed E-state index contributed by atoms with van der Waals surface area (Å²) in [5.41, 5.74) is 5.50. The van der Waals surface area contributed by atoms with E-state index in [0.717, 1.165) is 0 Å². The van der Waals surface area contributed by atoms with Crippen LogP contribution in [-0.2, 0) is 14.6 Å². The number of amides is 1. The molecule has 1 amide bonds. The molecule has 6 heteroatoms. The highest BCUT2D eigenvalue weighted by Gasteiger charge is 2.35. The maximum Gasteiger partial charge on any atom is 0.224 e. The Morgan fingerprint density at radius 3 is 2.41 bits per heavy atom. The summed E-state index contributed by atoms with van der Waals surface area (Å²) in [6.45, 7) is 6.34. The Morgan fingerprint density at radius 1 is 1.47 bits per heavy atom. The van der Waals surface area contributed by atoms with Gasteiger partial charge in [-0.3, -0.25) is 4.79 Å². The summed E-state index contributed by atoms with van der Waals surface area (Å²) >= 11 is 0. The predicted molar refractivity (Wildman–Crippen MR) is 67.2 cm³/mol. The predicted octanol–water partition coefficient (Wildman–Crippen LogP) is -0.0893. The Kier molecular flexibility index (Phi) is 4.19. The van der Waals surface area contributed by atoms with Gasteiger partial charge in [-0.25, -0.2) is 8.42 Å². The minimum atomic E-state index is -3.01. The van der Waals surface area contributed by atoms with Crippen LogP contribution in [0.25, 0.3) is 0 Å². The average Bonchev–Trinajstić information content (AvgIpc) is 2.53. The van der Waals surface area contributed by atoms with Crippen LogP contribution in [0.15, 0.2) is 0 Å². The fraction of sp³-hybridized carbons (Fsp3) is 0.909. The van der Waals surface area contributed by atoms with Crippen molar-refractivity contribution >= 4 is 15.7 Å². The van der Waals surface area contributed by atoms with Crippen molar-refractivity contribution in [2.45, 2.75) is 33.2 Å². The van der Waals surface area contributed by atoms with Crippen molar-refractivity contribution < 1.29 is 13.2 Å². The first kappa shape index (κ1) is 14.4. The highest BCUT2D eigenvalue weighted by Crippen LogP contribution is 2.22. The molecular formula is C11H22N2O3S. The van der Waals surface area contributed by atoms with Crippen molar-refractivity contribution in [3.05, 3.63) is 0 Å². The Morgan fingerprint density at radius 2 is 2.06 bits per heavy atom. The molecule has 1 heterocycles. The quantitative estimate of drug-likeness (QED) is 0.744. The van der Waals surface area contributed by atoms with Crippen LogP contribution >= 0.6 is 0 Å². The monoisotopic (exact) mass is 262 g/mol. The molecule has 17 heavy (non-hydrogen) atoms. The van der Waals surface area contributed by atoms with E-state index in [2.05, 4.69) is 5.32 Å². The van der Waals surface area contributed by atoms with E-state index in [1.165, 1.54) is 0 Å². The van der Waals surface area contributed by atoms with Gasteiger partial charge in [0.2, 0.25) is 5.91 Å². The summed E-state index contributed by atoms with van der Waals surface area (Å²) in [7, 11) is -3.01. The van der Waals surface area contributed by atoms with Crippen LogP contribution in [0.2, 0.25) is 0 Å². The van der Waals surface area contributed by atoms with Gasteiger partial charge in [-0.05, 0) is 11.8 Å². The molecule has 1 saturated heterocycles. The van der Waals surface area contributed by atoms with Crippen LogP contribution in [0.1, 0.15) is 27.2 Å². The van der Waals surface area contributed by atoms with Crippen molar-refractivity contribution in [2.24, 2.45) is 17.1 Å². The van der Waals surface area contributed by atoms with Crippen molar-refractivity contribution in [3.8, 4) is 0 Å². The van der Waals surface area contributed by atoms with E-state index < -0.39 is 15.8 Å². The third-order valence-corrected chi connectivity index (χ3v) is 4.97. The minimum absolute atomic E-state index is 0.0275. The van der Waals surface area contributed by atoms with Crippen LogP contribution in [0.3, 0.4) is 0 Å². The van der Waals surface area contributed by atoms with E-state index >= 15 is 0 Å². The lowest BCUT2D eigenvalue weighted by atomic mass is 9.86. The van der Waals surface area contributed by atoms with Gasteiger partial charge in [0.25, 0.3) is 0 Å². The first-order chi connectivity index (χ1) is 7.65. The fourth-order valence-corrected chi connectivity index (χ4v) is 3.66. The lowest BCUT2D eigenvalue weighted by Crippen LogP contribution is -2.50. The summed E-state index contributed by atoms with van der Waals surface area (Å²) in [5, 5.41) is 2.86. The molecule has 1 rings (SSSR count). The maximum atomic E-state index is 11.9. The van der Waals surface area contributed by atoms with E-state index in [9.17, 15) is 13.2 Å². The van der Waals surface area contributed by atoms with Gasteiger partial charge in [-0.15, -0.1) is 0 Å². The standard InChI is InChI=1S/C11H22N2O3S/c1-11(2,3)9(6-12)13-10(14)8-4-5-17(15,16)7-8/h8-9H,4-7,12H2,1-3H3,(H,13,14). The summed E-state index contributed by atoms with van der Waals surface area (Å²) in [6, 6.07) is -0.127. The largest absolute Gasteiger partial charge is 0.351 e. The summed E-state index contributed by atoms with van der Waals surface area (Å²) in [6.07, 6.45) is 0.426. The van der Waals surface area contributed by atoms with Gasteiger partial charge in [-0.1, -0.05) is 20.8 Å². The molecule has 5 nitrogen and oxygen atoms in total. The highest BCUT2D eigenvalue weighted by atomic mass is 32.2. The molecule has 1 aliphatic heterocycles. The number of carbonyl (C=O) groups excluding carboxylic acids is 1. The maximum absolute atomic E-state index is 11.9. The molecule has 0 aromatic carbocycles. The van der Waals surface area contributed by atoms with Gasteiger partial charge in [0, 0.05) is 12.6 Å². The van der Waals surface area contributed by atoms with E-state index in [-0.39, 0.29) is 28.9 Å². The number of rotatable bonds is 3. The second kappa shape index (κ2) is 4.94. The molecular weight excluding hydrogens is 240 g/mol. The second-order valence-corrected chi connectivity index (χ2v) is 7.99. The zero-order chi connectivity index (χ0) is 13.3. The smallest absolute Gasteiger partial charge is 0.224 e. The van der Waals surface area contributed by atoms with E-state index in [0.29, 0.717) is 13.0 Å². The zero-order valence-corrected chi connectivity index (χ0v) is 11.5. The molecule has 2 atom stereocenters. The number of nitrogens with two attached hydrogens (primary N) is 1. The average molecular weight is 262 g/mol. The molecule has 0 aromatic heterocycles. The third-order valence-electron chi connectivity index (χ3n) is 3.20. The van der Waals surface area contributed by atoms with E-state index in [1.807, 2.05) is 20.8 Å².